The van der Waals surface area contributed by atoms with Crippen LogP contribution in [-0.4, -0.2) is 24.2 Å². The lowest BCUT2D eigenvalue weighted by molar-refractivity contribution is -0.168. The minimum absolute atomic E-state index is 0.0521. The van der Waals surface area contributed by atoms with Gasteiger partial charge in [-0.25, -0.2) is 0 Å². The van der Waals surface area contributed by atoms with Gasteiger partial charge in [-0.3, -0.25) is 9.59 Å². The van der Waals surface area contributed by atoms with Crippen molar-refractivity contribution in [3.63, 3.8) is 0 Å². The maximum absolute atomic E-state index is 11.8. The summed E-state index contributed by atoms with van der Waals surface area (Å²) in [6.45, 7) is 0. The van der Waals surface area contributed by atoms with E-state index >= 15 is 0 Å². The zero-order chi connectivity index (χ0) is 18.8. The molecule has 0 atom stereocenters. The van der Waals surface area contributed by atoms with Crippen molar-refractivity contribution in [3.8, 4) is 0 Å². The van der Waals surface area contributed by atoms with Crippen molar-refractivity contribution in [1.29, 1.82) is 0 Å². The number of hydrogen-bond acceptors (Lipinski definition) is 3. The molecule has 0 aliphatic heterocycles. The van der Waals surface area contributed by atoms with Crippen molar-refractivity contribution >= 4 is 11.9 Å². The molecule has 0 spiro atoms. The zero-order valence-corrected chi connectivity index (χ0v) is 16.6. The molecule has 8 aliphatic carbocycles. The van der Waals surface area contributed by atoms with Gasteiger partial charge in [0, 0.05) is 0 Å². The Morgan fingerprint density at radius 1 is 0.667 bits per heavy atom. The van der Waals surface area contributed by atoms with Crippen LogP contribution in [0.4, 0.5) is 0 Å². The van der Waals surface area contributed by atoms with Crippen LogP contribution in [-0.2, 0) is 14.3 Å². The third-order valence-corrected chi connectivity index (χ3v) is 9.15. The SMILES string of the molecule is COC(=O)C12CC3CC(CC(C3)C1)C2.O=C(O)C12CC3CC(CC(C3)C1)C2. The first-order chi connectivity index (χ1) is 12.9. The van der Waals surface area contributed by atoms with Gasteiger partial charge in [0.25, 0.3) is 0 Å². The monoisotopic (exact) mass is 374 g/mol. The van der Waals surface area contributed by atoms with Crippen LogP contribution < -0.4 is 0 Å². The summed E-state index contributed by atoms with van der Waals surface area (Å²) in [4.78, 5) is 23.1. The van der Waals surface area contributed by atoms with Gasteiger partial charge >= 0.3 is 11.9 Å². The highest BCUT2D eigenvalue weighted by molar-refractivity contribution is 5.77. The van der Waals surface area contributed by atoms with E-state index in [0.29, 0.717) is 0 Å². The average Bonchev–Trinajstić information content (AvgIpc) is 2.59. The van der Waals surface area contributed by atoms with Crippen molar-refractivity contribution in [2.45, 2.75) is 77.0 Å². The lowest BCUT2D eigenvalue weighted by Gasteiger charge is -2.55. The van der Waals surface area contributed by atoms with Crippen LogP contribution in [0.3, 0.4) is 0 Å². The van der Waals surface area contributed by atoms with E-state index < -0.39 is 5.97 Å². The highest BCUT2D eigenvalue weighted by Gasteiger charge is 2.56. The molecule has 8 bridgehead atoms. The Labute approximate surface area is 162 Å². The van der Waals surface area contributed by atoms with Gasteiger partial charge in [0.1, 0.15) is 0 Å². The zero-order valence-electron chi connectivity index (χ0n) is 16.6. The first-order valence-corrected chi connectivity index (χ1v) is 11.2. The maximum Gasteiger partial charge on any atom is 0.311 e. The van der Waals surface area contributed by atoms with Crippen molar-refractivity contribution in [1.82, 2.24) is 0 Å². The van der Waals surface area contributed by atoms with E-state index in [0.717, 1.165) is 74.0 Å². The largest absolute Gasteiger partial charge is 0.481 e. The lowest BCUT2D eigenvalue weighted by atomic mass is 9.49. The van der Waals surface area contributed by atoms with Crippen molar-refractivity contribution < 1.29 is 19.4 Å². The smallest absolute Gasteiger partial charge is 0.311 e. The van der Waals surface area contributed by atoms with Crippen LogP contribution >= 0.6 is 0 Å². The van der Waals surface area contributed by atoms with Crippen molar-refractivity contribution in [2.24, 2.45) is 46.3 Å². The second kappa shape index (κ2) is 6.22. The Kier molecular flexibility index (Phi) is 4.15. The van der Waals surface area contributed by atoms with Crippen LogP contribution in [0, 0.1) is 46.3 Å². The quantitative estimate of drug-likeness (QED) is 0.714. The Hall–Kier alpha value is -1.06. The number of rotatable bonds is 2. The number of ether oxygens (including phenoxy) is 1. The molecule has 0 unspecified atom stereocenters. The number of carbonyl (C=O) groups is 2. The Morgan fingerprint density at radius 2 is 0.963 bits per heavy atom. The van der Waals surface area contributed by atoms with Gasteiger partial charge in [-0.05, 0) is 113 Å². The fraction of sp³-hybridized carbons (Fsp3) is 0.913. The predicted molar refractivity (Wildman–Crippen MR) is 101 cm³/mol. The first-order valence-electron chi connectivity index (χ1n) is 11.2. The average molecular weight is 375 g/mol. The molecule has 4 nitrogen and oxygen atoms in total. The molecule has 0 aromatic carbocycles. The van der Waals surface area contributed by atoms with Gasteiger partial charge < -0.3 is 9.84 Å². The molecule has 8 aliphatic rings. The van der Waals surface area contributed by atoms with Gasteiger partial charge in [-0.2, -0.15) is 0 Å². The predicted octanol–water partition coefficient (Wildman–Crippen LogP) is 4.66. The van der Waals surface area contributed by atoms with E-state index in [2.05, 4.69) is 0 Å². The highest BCUT2D eigenvalue weighted by atomic mass is 16.5. The number of carboxylic acids is 1. The molecule has 0 amide bonds. The number of hydrogen-bond donors (Lipinski definition) is 1. The van der Waals surface area contributed by atoms with Gasteiger partial charge in [0.05, 0.1) is 17.9 Å². The molecule has 8 rings (SSSR count). The summed E-state index contributed by atoms with van der Waals surface area (Å²) in [5.74, 6) is 4.33. The summed E-state index contributed by atoms with van der Waals surface area (Å²) in [5, 5.41) is 9.28. The van der Waals surface area contributed by atoms with Crippen LogP contribution in [0.5, 0.6) is 0 Å². The molecule has 0 aromatic heterocycles. The summed E-state index contributed by atoms with van der Waals surface area (Å²) < 4.78 is 5.00. The molecule has 8 saturated carbocycles. The number of methoxy groups -OCH3 is 1. The van der Waals surface area contributed by atoms with Crippen molar-refractivity contribution in [3.05, 3.63) is 0 Å². The standard InChI is InChI=1S/C12H18O2.C11H16O2/c1-14-11(13)12-5-8-2-9(6-12)4-10(3-8)7-12;12-10(13)11-4-7-1-8(5-11)3-9(2-7)6-11/h8-10H,2-7H2,1H3;7-9H,1-6H2,(H,12,13). The van der Waals surface area contributed by atoms with Gasteiger partial charge in [0.2, 0.25) is 0 Å². The fourth-order valence-corrected chi connectivity index (χ4v) is 8.95. The van der Waals surface area contributed by atoms with Gasteiger partial charge in [-0.1, -0.05) is 0 Å². The first kappa shape index (κ1) is 18.0. The summed E-state index contributed by atoms with van der Waals surface area (Å²) in [5.41, 5.74) is -0.335. The topological polar surface area (TPSA) is 63.6 Å². The van der Waals surface area contributed by atoms with Crippen LogP contribution in [0.15, 0.2) is 0 Å². The summed E-state index contributed by atoms with van der Waals surface area (Å²) in [6, 6.07) is 0. The molecule has 150 valence electrons. The molecule has 0 aromatic rings. The normalized spacial score (nSPS) is 50.9. The molecule has 1 N–H and O–H groups in total. The Bertz CT molecular complexity index is 566. The van der Waals surface area contributed by atoms with Gasteiger partial charge in [0.15, 0.2) is 0 Å². The number of carbonyl (C=O) groups excluding carboxylic acids is 1. The molecule has 8 fully saturated rings. The second-order valence-corrected chi connectivity index (χ2v) is 11.2. The van der Waals surface area contributed by atoms with Crippen LogP contribution in [0.1, 0.15) is 77.0 Å². The number of carboxylic acid groups (broad SMARTS) is 1. The van der Waals surface area contributed by atoms with Crippen molar-refractivity contribution in [2.75, 3.05) is 7.11 Å². The third kappa shape index (κ3) is 2.93. The van der Waals surface area contributed by atoms with Crippen LogP contribution in [0.2, 0.25) is 0 Å². The Morgan fingerprint density at radius 3 is 1.22 bits per heavy atom. The summed E-state index contributed by atoms with van der Waals surface area (Å²) in [6.07, 6.45) is 14.4. The molecular weight excluding hydrogens is 340 g/mol. The van der Waals surface area contributed by atoms with E-state index in [1.165, 1.54) is 38.5 Å². The summed E-state index contributed by atoms with van der Waals surface area (Å²) in [7, 11) is 1.54. The number of aliphatic carboxylic acids is 1. The van der Waals surface area contributed by atoms with E-state index in [4.69, 9.17) is 4.74 Å². The van der Waals surface area contributed by atoms with E-state index in [1.807, 2.05) is 0 Å². The van der Waals surface area contributed by atoms with E-state index in [-0.39, 0.29) is 16.8 Å². The molecule has 4 heteroatoms. The molecular formula is C23H34O4. The molecule has 0 saturated heterocycles. The minimum atomic E-state index is -0.508. The minimum Gasteiger partial charge on any atom is -0.481 e. The Balaban J connectivity index is 0.000000119. The molecule has 27 heavy (non-hydrogen) atoms. The number of esters is 1. The lowest BCUT2D eigenvalue weighted by Crippen LogP contribution is -2.50. The molecule has 0 radical (unpaired) electrons. The van der Waals surface area contributed by atoms with Gasteiger partial charge in [-0.15, -0.1) is 0 Å². The second-order valence-electron chi connectivity index (χ2n) is 11.2. The third-order valence-electron chi connectivity index (χ3n) is 9.15. The fourth-order valence-electron chi connectivity index (χ4n) is 8.95. The highest BCUT2D eigenvalue weighted by Crippen LogP contribution is 2.61. The maximum atomic E-state index is 11.8. The summed E-state index contributed by atoms with van der Waals surface area (Å²) >= 11 is 0. The molecule has 0 heterocycles. The van der Waals surface area contributed by atoms with Crippen LogP contribution in [0.25, 0.3) is 0 Å². The van der Waals surface area contributed by atoms with E-state index in [1.54, 1.807) is 7.11 Å². The van der Waals surface area contributed by atoms with E-state index in [9.17, 15) is 14.7 Å².